The Balaban J connectivity index is 1.64. The SMILES string of the molecule is CC(C)(C)CC(C)(C)c1ccc(O)c(CN2CCN(Cc3cc(C(C)(C)CC(C)(C)C)ccc3O)CC2)c1. The molecule has 4 nitrogen and oxygen atoms in total. The average molecular weight is 523 g/mol. The molecular formula is C34H54N2O2. The zero-order valence-corrected chi connectivity index (χ0v) is 25.9. The van der Waals surface area contributed by atoms with E-state index < -0.39 is 0 Å². The highest BCUT2D eigenvalue weighted by Crippen LogP contribution is 2.39. The number of phenolic OH excluding ortho intramolecular Hbond substituents is 2. The summed E-state index contributed by atoms with van der Waals surface area (Å²) in [6.45, 7) is 28.3. The van der Waals surface area contributed by atoms with E-state index in [2.05, 4.69) is 103 Å². The van der Waals surface area contributed by atoms with Crippen LogP contribution in [-0.4, -0.2) is 46.2 Å². The van der Waals surface area contributed by atoms with Crippen LogP contribution >= 0.6 is 0 Å². The van der Waals surface area contributed by atoms with Crippen LogP contribution in [-0.2, 0) is 23.9 Å². The van der Waals surface area contributed by atoms with Crippen molar-refractivity contribution in [3.8, 4) is 11.5 Å². The molecule has 1 fully saturated rings. The molecule has 0 atom stereocenters. The first-order valence-corrected chi connectivity index (χ1v) is 14.4. The van der Waals surface area contributed by atoms with Crippen LogP contribution in [0.15, 0.2) is 36.4 Å². The maximum absolute atomic E-state index is 10.6. The summed E-state index contributed by atoms with van der Waals surface area (Å²) in [5, 5.41) is 21.3. The molecule has 0 unspecified atom stereocenters. The third kappa shape index (κ3) is 8.48. The van der Waals surface area contributed by atoms with E-state index in [1.807, 2.05) is 12.1 Å². The molecule has 0 amide bonds. The Hall–Kier alpha value is -2.04. The van der Waals surface area contributed by atoms with Crippen molar-refractivity contribution in [2.75, 3.05) is 26.2 Å². The van der Waals surface area contributed by atoms with Gasteiger partial charge < -0.3 is 10.2 Å². The minimum atomic E-state index is 0.0530. The van der Waals surface area contributed by atoms with E-state index >= 15 is 0 Å². The molecular weight excluding hydrogens is 468 g/mol. The second-order valence-electron chi connectivity index (χ2n) is 15.5. The molecule has 2 aromatic rings. The van der Waals surface area contributed by atoms with Crippen molar-refractivity contribution in [3.05, 3.63) is 58.7 Å². The molecule has 2 N–H and O–H groups in total. The van der Waals surface area contributed by atoms with Gasteiger partial charge in [0.25, 0.3) is 0 Å². The summed E-state index contributed by atoms with van der Waals surface area (Å²) < 4.78 is 0. The lowest BCUT2D eigenvalue weighted by Crippen LogP contribution is -2.45. The first kappa shape index (κ1) is 30.5. The molecule has 0 saturated carbocycles. The fourth-order valence-corrected chi connectivity index (χ4v) is 6.71. The maximum Gasteiger partial charge on any atom is 0.120 e. The molecule has 0 spiro atoms. The smallest absolute Gasteiger partial charge is 0.120 e. The van der Waals surface area contributed by atoms with Gasteiger partial charge in [0.2, 0.25) is 0 Å². The van der Waals surface area contributed by atoms with Gasteiger partial charge >= 0.3 is 0 Å². The molecule has 0 bridgehead atoms. The second kappa shape index (κ2) is 11.2. The van der Waals surface area contributed by atoms with E-state index in [1.54, 1.807) is 0 Å². The lowest BCUT2D eigenvalue weighted by atomic mass is 9.72. The molecule has 2 aromatic carbocycles. The van der Waals surface area contributed by atoms with Crippen LogP contribution in [0.3, 0.4) is 0 Å². The summed E-state index contributed by atoms with van der Waals surface area (Å²) in [5.74, 6) is 0.782. The predicted octanol–water partition coefficient (Wildman–Crippen LogP) is 7.84. The van der Waals surface area contributed by atoms with Gasteiger partial charge in [0.15, 0.2) is 0 Å². The number of hydrogen-bond donors (Lipinski definition) is 2. The Labute approximate surface area is 233 Å². The number of rotatable bonds is 8. The fraction of sp³-hybridized carbons (Fsp3) is 0.647. The summed E-state index contributed by atoms with van der Waals surface area (Å²) >= 11 is 0. The lowest BCUT2D eigenvalue weighted by molar-refractivity contribution is 0.120. The summed E-state index contributed by atoms with van der Waals surface area (Å²) in [5.41, 5.74) is 5.22. The standard InChI is InChI=1S/C34H54N2O2/c1-31(2,3)23-33(7,8)27-11-13-29(37)25(19-27)21-35-15-17-36(18-16-35)22-26-20-28(12-14-30(26)38)34(9,10)24-32(4,5)6/h11-14,19-20,37-38H,15-18,21-24H2,1-10H3. The highest BCUT2D eigenvalue weighted by Gasteiger charge is 2.30. The van der Waals surface area contributed by atoms with E-state index in [-0.39, 0.29) is 21.7 Å². The van der Waals surface area contributed by atoms with Crippen LogP contribution in [0.4, 0.5) is 0 Å². The van der Waals surface area contributed by atoms with E-state index in [1.165, 1.54) is 11.1 Å². The molecule has 4 heteroatoms. The van der Waals surface area contributed by atoms with Crippen LogP contribution in [0.2, 0.25) is 0 Å². The normalized spacial score (nSPS) is 16.7. The predicted molar refractivity (Wildman–Crippen MR) is 161 cm³/mol. The Morgan fingerprint density at radius 1 is 0.553 bits per heavy atom. The number of hydrogen-bond acceptors (Lipinski definition) is 4. The van der Waals surface area contributed by atoms with E-state index in [0.717, 1.165) is 63.2 Å². The van der Waals surface area contributed by atoms with E-state index in [0.29, 0.717) is 11.5 Å². The summed E-state index contributed by atoms with van der Waals surface area (Å²) in [7, 11) is 0. The molecule has 1 aliphatic heterocycles. The van der Waals surface area contributed by atoms with Crippen molar-refractivity contribution >= 4 is 0 Å². The fourth-order valence-electron chi connectivity index (χ4n) is 6.71. The van der Waals surface area contributed by atoms with Crippen molar-refractivity contribution in [1.82, 2.24) is 9.80 Å². The van der Waals surface area contributed by atoms with E-state index in [4.69, 9.17) is 0 Å². The number of piperazine rings is 1. The second-order valence-corrected chi connectivity index (χ2v) is 15.5. The highest BCUT2D eigenvalue weighted by atomic mass is 16.3. The van der Waals surface area contributed by atoms with E-state index in [9.17, 15) is 10.2 Å². The van der Waals surface area contributed by atoms with Gasteiger partial charge in [-0.2, -0.15) is 0 Å². The molecule has 0 aliphatic carbocycles. The molecule has 212 valence electrons. The van der Waals surface area contributed by atoms with Crippen LogP contribution in [0.5, 0.6) is 11.5 Å². The van der Waals surface area contributed by atoms with Gasteiger partial charge in [-0.05, 0) is 57.8 Å². The Bertz CT molecular complexity index is 993. The summed E-state index contributed by atoms with van der Waals surface area (Å²) in [4.78, 5) is 4.88. The molecule has 1 aliphatic rings. The highest BCUT2D eigenvalue weighted by molar-refractivity contribution is 5.40. The third-order valence-electron chi connectivity index (χ3n) is 7.92. The largest absolute Gasteiger partial charge is 0.508 e. The first-order valence-electron chi connectivity index (χ1n) is 14.4. The van der Waals surface area contributed by atoms with Gasteiger partial charge in [0, 0.05) is 50.4 Å². The van der Waals surface area contributed by atoms with Gasteiger partial charge in [-0.25, -0.2) is 0 Å². The number of benzene rings is 2. The molecule has 0 radical (unpaired) electrons. The van der Waals surface area contributed by atoms with Crippen molar-refractivity contribution in [1.29, 1.82) is 0 Å². The van der Waals surface area contributed by atoms with Crippen LogP contribution < -0.4 is 0 Å². The summed E-state index contributed by atoms with van der Waals surface area (Å²) in [6, 6.07) is 12.4. The maximum atomic E-state index is 10.6. The number of aromatic hydroxyl groups is 2. The van der Waals surface area contributed by atoms with Crippen LogP contribution in [0, 0.1) is 10.8 Å². The van der Waals surface area contributed by atoms with Gasteiger partial charge in [-0.1, -0.05) is 93.5 Å². The summed E-state index contributed by atoms with van der Waals surface area (Å²) in [6.07, 6.45) is 2.18. The zero-order valence-electron chi connectivity index (χ0n) is 25.9. The lowest BCUT2D eigenvalue weighted by Gasteiger charge is -2.36. The number of nitrogens with zero attached hydrogens (tertiary/aromatic N) is 2. The molecule has 0 aromatic heterocycles. The van der Waals surface area contributed by atoms with Gasteiger partial charge in [-0.15, -0.1) is 0 Å². The molecule has 1 saturated heterocycles. The Morgan fingerprint density at radius 2 is 0.868 bits per heavy atom. The molecule has 3 rings (SSSR count). The first-order chi connectivity index (χ1) is 17.3. The van der Waals surface area contributed by atoms with Gasteiger partial charge in [0.05, 0.1) is 0 Å². The Kier molecular flexibility index (Phi) is 9.00. The Morgan fingerprint density at radius 3 is 1.16 bits per heavy atom. The minimum absolute atomic E-state index is 0.0530. The topological polar surface area (TPSA) is 46.9 Å². The molecule has 38 heavy (non-hydrogen) atoms. The quantitative estimate of drug-likeness (QED) is 0.371. The zero-order chi connectivity index (χ0) is 28.5. The third-order valence-corrected chi connectivity index (χ3v) is 7.92. The minimum Gasteiger partial charge on any atom is -0.508 e. The molecule has 1 heterocycles. The van der Waals surface area contributed by atoms with Crippen molar-refractivity contribution in [2.45, 2.75) is 106 Å². The van der Waals surface area contributed by atoms with Gasteiger partial charge in [-0.3, -0.25) is 9.80 Å². The monoisotopic (exact) mass is 522 g/mol. The van der Waals surface area contributed by atoms with Crippen LogP contribution in [0.1, 0.15) is 104 Å². The van der Waals surface area contributed by atoms with Crippen LogP contribution in [0.25, 0.3) is 0 Å². The van der Waals surface area contributed by atoms with Crippen molar-refractivity contribution in [2.24, 2.45) is 10.8 Å². The van der Waals surface area contributed by atoms with Crippen molar-refractivity contribution in [3.63, 3.8) is 0 Å². The van der Waals surface area contributed by atoms with Gasteiger partial charge in [0.1, 0.15) is 11.5 Å². The van der Waals surface area contributed by atoms with Crippen molar-refractivity contribution < 1.29 is 10.2 Å². The number of phenols is 2. The average Bonchev–Trinajstić information content (AvgIpc) is 2.74.